The number of allylic oxidation sites excluding steroid dienone is 1. The van der Waals surface area contributed by atoms with Crippen molar-refractivity contribution in [3.8, 4) is 11.8 Å². The zero-order chi connectivity index (χ0) is 16.3. The van der Waals surface area contributed by atoms with E-state index >= 15 is 0 Å². The van der Waals surface area contributed by atoms with E-state index in [4.69, 9.17) is 28.3 Å². The lowest BCUT2D eigenvalue weighted by molar-refractivity contribution is 0.0697. The van der Waals surface area contributed by atoms with E-state index in [1.165, 1.54) is 24.3 Å². The van der Waals surface area contributed by atoms with Gasteiger partial charge in [-0.2, -0.15) is 5.26 Å². The van der Waals surface area contributed by atoms with Gasteiger partial charge in [0.05, 0.1) is 27.3 Å². The van der Waals surface area contributed by atoms with Crippen LogP contribution in [0.15, 0.2) is 36.4 Å². The number of nitrogens with zero attached hydrogens (tertiary/aromatic N) is 1. The molecule has 0 heterocycles. The fourth-order valence-corrected chi connectivity index (χ4v) is 2.31. The Kier molecular flexibility index (Phi) is 4.71. The number of aromatic carboxylic acids is 1. The zero-order valence-electron chi connectivity index (χ0n) is 11.0. The smallest absolute Gasteiger partial charge is 0.335 e. The van der Waals surface area contributed by atoms with Gasteiger partial charge >= 0.3 is 5.97 Å². The number of rotatable bonds is 3. The maximum atomic E-state index is 10.8. The molecule has 6 heteroatoms. The van der Waals surface area contributed by atoms with Gasteiger partial charge < -0.3 is 10.2 Å². The van der Waals surface area contributed by atoms with E-state index in [0.717, 1.165) is 0 Å². The van der Waals surface area contributed by atoms with E-state index in [9.17, 15) is 15.2 Å². The molecule has 0 bridgehead atoms. The van der Waals surface area contributed by atoms with Crippen LogP contribution < -0.4 is 0 Å². The minimum Gasteiger partial charge on any atom is -0.505 e. The number of phenolic OH excluding ortho intramolecular Hbond substituents is 1. The molecule has 0 saturated heterocycles. The summed E-state index contributed by atoms with van der Waals surface area (Å²) in [7, 11) is 0. The Bertz CT molecular complexity index is 782. The van der Waals surface area contributed by atoms with Gasteiger partial charge in [-0.05, 0) is 41.5 Å². The van der Waals surface area contributed by atoms with E-state index in [2.05, 4.69) is 0 Å². The van der Waals surface area contributed by atoms with Gasteiger partial charge in [-0.25, -0.2) is 4.79 Å². The Morgan fingerprint density at radius 1 is 1.09 bits per heavy atom. The summed E-state index contributed by atoms with van der Waals surface area (Å²) in [6.45, 7) is 0. The molecule has 22 heavy (non-hydrogen) atoms. The average Bonchev–Trinajstić information content (AvgIpc) is 2.50. The molecule has 2 rings (SSSR count). The van der Waals surface area contributed by atoms with Crippen molar-refractivity contribution in [2.24, 2.45) is 0 Å². The van der Waals surface area contributed by atoms with Crippen molar-refractivity contribution in [1.29, 1.82) is 5.26 Å². The molecule has 0 aromatic heterocycles. The Balaban J connectivity index is 2.44. The molecule has 0 unspecified atom stereocenters. The van der Waals surface area contributed by atoms with E-state index in [1.54, 1.807) is 18.2 Å². The number of carboxylic acid groups (broad SMARTS) is 1. The van der Waals surface area contributed by atoms with Crippen LogP contribution in [0.2, 0.25) is 10.0 Å². The maximum absolute atomic E-state index is 10.8. The van der Waals surface area contributed by atoms with E-state index in [0.29, 0.717) is 16.7 Å². The SMILES string of the molecule is N#C/C(=C/c1cc(Cl)c(O)c(Cl)c1)c1ccc(C(=O)O)cc1. The normalized spacial score (nSPS) is 11.0. The second-order valence-electron chi connectivity index (χ2n) is 4.39. The number of halogens is 2. The minimum absolute atomic E-state index is 0.0808. The highest BCUT2D eigenvalue weighted by atomic mass is 35.5. The first-order chi connectivity index (χ1) is 10.4. The quantitative estimate of drug-likeness (QED) is 0.641. The van der Waals surface area contributed by atoms with Gasteiger partial charge in [-0.3, -0.25) is 0 Å². The molecule has 4 nitrogen and oxygen atoms in total. The van der Waals surface area contributed by atoms with Crippen LogP contribution in [0, 0.1) is 11.3 Å². The lowest BCUT2D eigenvalue weighted by Gasteiger charge is -2.04. The number of benzene rings is 2. The summed E-state index contributed by atoms with van der Waals surface area (Å²) in [4.78, 5) is 10.8. The first-order valence-corrected chi connectivity index (χ1v) is 6.81. The molecule has 0 aliphatic carbocycles. The van der Waals surface area contributed by atoms with E-state index in [-0.39, 0.29) is 21.4 Å². The van der Waals surface area contributed by atoms with Crippen molar-refractivity contribution in [2.45, 2.75) is 0 Å². The summed E-state index contributed by atoms with van der Waals surface area (Å²) >= 11 is 11.7. The molecular weight excluding hydrogens is 325 g/mol. The fourth-order valence-electron chi connectivity index (χ4n) is 1.81. The predicted molar refractivity (Wildman–Crippen MR) is 85.0 cm³/mol. The van der Waals surface area contributed by atoms with Crippen LogP contribution in [-0.2, 0) is 0 Å². The number of carbonyl (C=O) groups is 1. The molecule has 0 aliphatic heterocycles. The number of hydrogen-bond acceptors (Lipinski definition) is 3. The number of nitriles is 1. The third-order valence-corrected chi connectivity index (χ3v) is 3.49. The molecule has 0 aliphatic rings. The van der Waals surface area contributed by atoms with Crippen LogP contribution in [0.1, 0.15) is 21.5 Å². The molecule has 0 radical (unpaired) electrons. The largest absolute Gasteiger partial charge is 0.505 e. The van der Waals surface area contributed by atoms with Crippen molar-refractivity contribution >= 4 is 40.8 Å². The average molecular weight is 334 g/mol. The van der Waals surface area contributed by atoms with Crippen LogP contribution in [-0.4, -0.2) is 16.2 Å². The lowest BCUT2D eigenvalue weighted by atomic mass is 10.0. The van der Waals surface area contributed by atoms with Crippen LogP contribution in [0.4, 0.5) is 0 Å². The van der Waals surface area contributed by atoms with Crippen LogP contribution >= 0.6 is 23.2 Å². The van der Waals surface area contributed by atoms with Gasteiger partial charge in [0.15, 0.2) is 5.75 Å². The summed E-state index contributed by atoms with van der Waals surface area (Å²) < 4.78 is 0. The summed E-state index contributed by atoms with van der Waals surface area (Å²) in [6.07, 6.45) is 1.55. The summed E-state index contributed by atoms with van der Waals surface area (Å²) in [5.74, 6) is -1.25. The molecule has 0 saturated carbocycles. The van der Waals surface area contributed by atoms with Crippen molar-refractivity contribution < 1.29 is 15.0 Å². The van der Waals surface area contributed by atoms with Gasteiger partial charge in [-0.15, -0.1) is 0 Å². The second-order valence-corrected chi connectivity index (χ2v) is 5.20. The molecule has 110 valence electrons. The molecule has 2 aromatic rings. The standard InChI is InChI=1S/C16H9Cl2NO3/c17-13-6-9(7-14(18)15(13)20)5-12(8-19)10-1-3-11(4-2-10)16(21)22/h1-7,20H,(H,21,22)/b12-5-. The first kappa shape index (κ1) is 15.9. The maximum Gasteiger partial charge on any atom is 0.335 e. The van der Waals surface area contributed by atoms with Crippen molar-refractivity contribution in [3.05, 3.63) is 63.1 Å². The Morgan fingerprint density at radius 3 is 2.05 bits per heavy atom. The Morgan fingerprint density at radius 2 is 1.59 bits per heavy atom. The third kappa shape index (κ3) is 3.40. The Labute approximate surface area is 136 Å². The number of hydrogen-bond donors (Lipinski definition) is 2. The zero-order valence-corrected chi connectivity index (χ0v) is 12.6. The molecule has 2 N–H and O–H groups in total. The van der Waals surface area contributed by atoms with Gasteiger partial charge in [0.25, 0.3) is 0 Å². The highest BCUT2D eigenvalue weighted by Gasteiger charge is 2.08. The van der Waals surface area contributed by atoms with Crippen molar-refractivity contribution in [1.82, 2.24) is 0 Å². The van der Waals surface area contributed by atoms with Gasteiger partial charge in [-0.1, -0.05) is 35.3 Å². The molecule has 0 amide bonds. The Hall–Kier alpha value is -2.48. The molecule has 0 spiro atoms. The number of carboxylic acids is 1. The summed E-state index contributed by atoms with van der Waals surface area (Å²) in [5.41, 5.74) is 1.56. The molecule has 0 fully saturated rings. The third-order valence-electron chi connectivity index (χ3n) is 2.91. The topological polar surface area (TPSA) is 81.3 Å². The van der Waals surface area contributed by atoms with E-state index < -0.39 is 5.97 Å². The molecular formula is C16H9Cl2NO3. The van der Waals surface area contributed by atoms with Gasteiger partial charge in [0.2, 0.25) is 0 Å². The fraction of sp³-hybridized carbons (Fsp3) is 0. The lowest BCUT2D eigenvalue weighted by Crippen LogP contribution is -1.95. The van der Waals surface area contributed by atoms with Crippen LogP contribution in [0.5, 0.6) is 5.75 Å². The van der Waals surface area contributed by atoms with Gasteiger partial charge in [0.1, 0.15) is 0 Å². The molecule has 0 atom stereocenters. The van der Waals surface area contributed by atoms with Crippen LogP contribution in [0.3, 0.4) is 0 Å². The van der Waals surface area contributed by atoms with Crippen molar-refractivity contribution in [2.75, 3.05) is 0 Å². The second kappa shape index (κ2) is 6.52. The van der Waals surface area contributed by atoms with Crippen LogP contribution in [0.25, 0.3) is 11.6 Å². The monoisotopic (exact) mass is 333 g/mol. The number of aromatic hydroxyl groups is 1. The number of phenols is 1. The first-order valence-electron chi connectivity index (χ1n) is 6.06. The highest BCUT2D eigenvalue weighted by molar-refractivity contribution is 6.37. The van der Waals surface area contributed by atoms with Gasteiger partial charge in [0, 0.05) is 0 Å². The highest BCUT2D eigenvalue weighted by Crippen LogP contribution is 2.33. The van der Waals surface area contributed by atoms with Crippen molar-refractivity contribution in [3.63, 3.8) is 0 Å². The predicted octanol–water partition coefficient (Wildman–Crippen LogP) is 4.46. The molecule has 2 aromatic carbocycles. The minimum atomic E-state index is -1.04. The summed E-state index contributed by atoms with van der Waals surface area (Å²) in [6, 6.07) is 10.9. The van der Waals surface area contributed by atoms with E-state index in [1.807, 2.05) is 6.07 Å². The summed E-state index contributed by atoms with van der Waals surface area (Å²) in [5, 5.41) is 27.8.